The first-order valence-corrected chi connectivity index (χ1v) is 5.89. The second kappa shape index (κ2) is 5.41. The molecule has 1 atom stereocenters. The number of hydrogen-bond donors (Lipinski definition) is 1. The van der Waals surface area contributed by atoms with Gasteiger partial charge in [-0.1, -0.05) is 18.6 Å². The lowest BCUT2D eigenvalue weighted by atomic mass is 10.0. The number of hydrogen-bond acceptors (Lipinski definition) is 2. The normalized spacial score (nSPS) is 22.2. The van der Waals surface area contributed by atoms with Crippen LogP contribution in [0.3, 0.4) is 0 Å². The Labute approximate surface area is 95.7 Å². The molecule has 16 heavy (non-hydrogen) atoms. The van der Waals surface area contributed by atoms with Crippen LogP contribution in [-0.2, 0) is 6.54 Å². The first kappa shape index (κ1) is 11.6. The third-order valence-electron chi connectivity index (χ3n) is 3.26. The van der Waals surface area contributed by atoms with Crippen LogP contribution in [0.1, 0.15) is 24.8 Å². The summed E-state index contributed by atoms with van der Waals surface area (Å²) in [6.07, 6.45) is 3.46. The summed E-state index contributed by atoms with van der Waals surface area (Å²) in [7, 11) is 0. The minimum Gasteiger partial charge on any atom is -0.395 e. The molecule has 3 heteroatoms. The van der Waals surface area contributed by atoms with E-state index in [4.69, 9.17) is 0 Å². The standard InChI is InChI=1S/C13H18FNO/c14-12-6-4-11(5-7-12)9-15-8-2-1-3-13(15)10-16/h4-7,13,16H,1-3,8-10H2/t13-/m1/s1. The van der Waals surface area contributed by atoms with Crippen molar-refractivity contribution < 1.29 is 9.50 Å². The van der Waals surface area contributed by atoms with Gasteiger partial charge in [0, 0.05) is 12.6 Å². The van der Waals surface area contributed by atoms with Crippen molar-refractivity contribution in [3.05, 3.63) is 35.6 Å². The number of halogens is 1. The predicted molar refractivity (Wildman–Crippen MR) is 61.5 cm³/mol. The van der Waals surface area contributed by atoms with Crippen molar-refractivity contribution in [1.29, 1.82) is 0 Å². The van der Waals surface area contributed by atoms with Crippen molar-refractivity contribution >= 4 is 0 Å². The van der Waals surface area contributed by atoms with Gasteiger partial charge in [0.1, 0.15) is 5.82 Å². The first-order chi connectivity index (χ1) is 7.79. The second-order valence-corrected chi connectivity index (χ2v) is 4.43. The fraction of sp³-hybridized carbons (Fsp3) is 0.538. The Bertz CT molecular complexity index is 325. The molecular formula is C13H18FNO. The molecule has 0 saturated carbocycles. The van der Waals surface area contributed by atoms with E-state index in [0.29, 0.717) is 0 Å². The Balaban J connectivity index is 1.99. The van der Waals surface area contributed by atoms with Gasteiger partial charge in [-0.3, -0.25) is 4.90 Å². The zero-order valence-corrected chi connectivity index (χ0v) is 9.40. The van der Waals surface area contributed by atoms with Crippen molar-refractivity contribution in [3.63, 3.8) is 0 Å². The summed E-state index contributed by atoms with van der Waals surface area (Å²) in [4.78, 5) is 2.29. The zero-order valence-electron chi connectivity index (χ0n) is 9.40. The van der Waals surface area contributed by atoms with Crippen molar-refractivity contribution in [3.8, 4) is 0 Å². The van der Waals surface area contributed by atoms with Gasteiger partial charge in [-0.15, -0.1) is 0 Å². The molecule has 2 rings (SSSR count). The third kappa shape index (κ3) is 2.80. The molecule has 1 aliphatic rings. The minimum absolute atomic E-state index is 0.193. The number of benzene rings is 1. The fourth-order valence-corrected chi connectivity index (χ4v) is 2.30. The van der Waals surface area contributed by atoms with Crippen LogP contribution in [0.5, 0.6) is 0 Å². The molecular weight excluding hydrogens is 205 g/mol. The molecule has 0 aromatic heterocycles. The molecule has 0 unspecified atom stereocenters. The summed E-state index contributed by atoms with van der Waals surface area (Å²) >= 11 is 0. The summed E-state index contributed by atoms with van der Waals surface area (Å²) in [5.74, 6) is -0.193. The SMILES string of the molecule is OC[C@H]1CCCCN1Cc1ccc(F)cc1. The van der Waals surface area contributed by atoms with E-state index in [0.717, 1.165) is 25.1 Å². The molecule has 1 N–H and O–H groups in total. The van der Waals surface area contributed by atoms with Crippen LogP contribution >= 0.6 is 0 Å². The summed E-state index contributed by atoms with van der Waals surface area (Å²) in [5.41, 5.74) is 1.11. The summed E-state index contributed by atoms with van der Waals surface area (Å²) in [6.45, 7) is 2.06. The largest absolute Gasteiger partial charge is 0.395 e. The molecule has 0 aliphatic carbocycles. The van der Waals surface area contributed by atoms with Crippen LogP contribution in [0, 0.1) is 5.82 Å². The van der Waals surface area contributed by atoms with Gasteiger partial charge in [-0.2, -0.15) is 0 Å². The second-order valence-electron chi connectivity index (χ2n) is 4.43. The van der Waals surface area contributed by atoms with Gasteiger partial charge in [0.2, 0.25) is 0 Å². The number of aliphatic hydroxyl groups excluding tert-OH is 1. The van der Waals surface area contributed by atoms with Crippen LogP contribution in [-0.4, -0.2) is 29.2 Å². The van der Waals surface area contributed by atoms with E-state index in [9.17, 15) is 9.50 Å². The molecule has 88 valence electrons. The van der Waals surface area contributed by atoms with E-state index < -0.39 is 0 Å². The smallest absolute Gasteiger partial charge is 0.123 e. The van der Waals surface area contributed by atoms with Gasteiger partial charge in [0.25, 0.3) is 0 Å². The zero-order chi connectivity index (χ0) is 11.4. The number of piperidine rings is 1. The topological polar surface area (TPSA) is 23.5 Å². The first-order valence-electron chi connectivity index (χ1n) is 5.89. The van der Waals surface area contributed by atoms with E-state index >= 15 is 0 Å². The van der Waals surface area contributed by atoms with Crippen molar-refractivity contribution in [1.82, 2.24) is 4.90 Å². The van der Waals surface area contributed by atoms with Crippen LogP contribution in [0.15, 0.2) is 24.3 Å². The number of aliphatic hydroxyl groups is 1. The Kier molecular flexibility index (Phi) is 3.91. The van der Waals surface area contributed by atoms with Crippen molar-refractivity contribution in [2.75, 3.05) is 13.2 Å². The molecule has 1 heterocycles. The average Bonchev–Trinajstić information content (AvgIpc) is 2.33. The van der Waals surface area contributed by atoms with E-state index in [1.807, 2.05) is 12.1 Å². The van der Waals surface area contributed by atoms with E-state index in [1.54, 1.807) is 0 Å². The third-order valence-corrected chi connectivity index (χ3v) is 3.26. The maximum absolute atomic E-state index is 12.8. The van der Waals surface area contributed by atoms with E-state index in [2.05, 4.69) is 4.90 Å². The Hall–Kier alpha value is -0.930. The molecule has 1 saturated heterocycles. The van der Waals surface area contributed by atoms with E-state index in [1.165, 1.54) is 25.0 Å². The molecule has 0 radical (unpaired) electrons. The number of rotatable bonds is 3. The highest BCUT2D eigenvalue weighted by Gasteiger charge is 2.21. The highest BCUT2D eigenvalue weighted by Crippen LogP contribution is 2.19. The van der Waals surface area contributed by atoms with Crippen LogP contribution in [0.25, 0.3) is 0 Å². The van der Waals surface area contributed by atoms with Gasteiger partial charge >= 0.3 is 0 Å². The molecule has 1 fully saturated rings. The van der Waals surface area contributed by atoms with E-state index in [-0.39, 0.29) is 18.5 Å². The van der Waals surface area contributed by atoms with Crippen LogP contribution in [0.2, 0.25) is 0 Å². The van der Waals surface area contributed by atoms with Crippen molar-refractivity contribution in [2.45, 2.75) is 31.8 Å². The Morgan fingerprint density at radius 1 is 1.25 bits per heavy atom. The average molecular weight is 223 g/mol. The Morgan fingerprint density at radius 2 is 2.00 bits per heavy atom. The Morgan fingerprint density at radius 3 is 2.69 bits per heavy atom. The lowest BCUT2D eigenvalue weighted by molar-refractivity contribution is 0.0841. The molecule has 0 bridgehead atoms. The highest BCUT2D eigenvalue weighted by atomic mass is 19.1. The molecule has 1 aromatic rings. The minimum atomic E-state index is -0.193. The van der Waals surface area contributed by atoms with Crippen molar-refractivity contribution in [2.24, 2.45) is 0 Å². The lowest BCUT2D eigenvalue weighted by Crippen LogP contribution is -2.41. The molecule has 1 aliphatic heterocycles. The maximum Gasteiger partial charge on any atom is 0.123 e. The molecule has 2 nitrogen and oxygen atoms in total. The van der Waals surface area contributed by atoms with Crippen LogP contribution in [0.4, 0.5) is 4.39 Å². The lowest BCUT2D eigenvalue weighted by Gasteiger charge is -2.34. The van der Waals surface area contributed by atoms with Gasteiger partial charge < -0.3 is 5.11 Å². The monoisotopic (exact) mass is 223 g/mol. The van der Waals surface area contributed by atoms with Gasteiger partial charge in [0.05, 0.1) is 6.61 Å². The summed E-state index contributed by atoms with van der Waals surface area (Å²) in [5, 5.41) is 9.28. The fourth-order valence-electron chi connectivity index (χ4n) is 2.30. The highest BCUT2D eigenvalue weighted by molar-refractivity contribution is 5.16. The molecule has 0 spiro atoms. The summed E-state index contributed by atoms with van der Waals surface area (Å²) in [6, 6.07) is 6.90. The quantitative estimate of drug-likeness (QED) is 0.849. The van der Waals surface area contributed by atoms with Gasteiger partial charge in [-0.25, -0.2) is 4.39 Å². The number of likely N-dealkylation sites (tertiary alicyclic amines) is 1. The number of nitrogens with zero attached hydrogens (tertiary/aromatic N) is 1. The molecule has 1 aromatic carbocycles. The summed E-state index contributed by atoms with van der Waals surface area (Å²) < 4.78 is 12.8. The predicted octanol–water partition coefficient (Wildman–Crippen LogP) is 2.17. The van der Waals surface area contributed by atoms with Gasteiger partial charge in [-0.05, 0) is 37.1 Å². The maximum atomic E-state index is 12.8. The van der Waals surface area contributed by atoms with Crippen LogP contribution < -0.4 is 0 Å². The van der Waals surface area contributed by atoms with Gasteiger partial charge in [0.15, 0.2) is 0 Å². The molecule has 0 amide bonds.